The van der Waals surface area contributed by atoms with Gasteiger partial charge in [0.05, 0.1) is 28.1 Å². The fourth-order valence-corrected chi connectivity index (χ4v) is 3.18. The first-order valence-electron chi connectivity index (χ1n) is 9.01. The summed E-state index contributed by atoms with van der Waals surface area (Å²) in [6, 6.07) is 9.66. The first-order chi connectivity index (χ1) is 12.9. The van der Waals surface area contributed by atoms with E-state index in [-0.39, 0.29) is 5.91 Å². The quantitative estimate of drug-likeness (QED) is 0.583. The van der Waals surface area contributed by atoms with Gasteiger partial charge in [-0.05, 0) is 66.9 Å². The molecule has 1 N–H and O–H groups in total. The third-order valence-corrected chi connectivity index (χ3v) is 5.61. The zero-order valence-corrected chi connectivity index (χ0v) is 17.5. The molecule has 1 aromatic carbocycles. The third-order valence-electron chi connectivity index (χ3n) is 4.47. The molecule has 6 nitrogen and oxygen atoms in total. The molecule has 0 spiro atoms. The molecule has 1 amide bonds. The lowest BCUT2D eigenvalue weighted by atomic mass is 10.1. The molecular weight excluding hydrogens is 406 g/mol. The SMILES string of the molecule is Cc1ccn(CCCNC(=O)c2ccc(Cn3nc(C)c(Br)c3C)cc2)n1. The predicted octanol–water partition coefficient (Wildman–Crippen LogP) is 3.64. The van der Waals surface area contributed by atoms with Crippen LogP contribution in [0.25, 0.3) is 0 Å². The van der Waals surface area contributed by atoms with Crippen molar-refractivity contribution in [2.75, 3.05) is 6.54 Å². The number of rotatable bonds is 7. The number of aromatic nitrogens is 4. The molecule has 0 bridgehead atoms. The molecule has 3 aromatic rings. The topological polar surface area (TPSA) is 64.7 Å². The molecule has 0 atom stereocenters. The van der Waals surface area contributed by atoms with E-state index in [1.807, 2.05) is 66.7 Å². The van der Waals surface area contributed by atoms with Crippen LogP contribution in [0.15, 0.2) is 41.0 Å². The molecule has 0 aliphatic heterocycles. The summed E-state index contributed by atoms with van der Waals surface area (Å²) in [7, 11) is 0. The maximum atomic E-state index is 12.3. The Morgan fingerprint density at radius 3 is 2.44 bits per heavy atom. The minimum absolute atomic E-state index is 0.0490. The number of hydrogen-bond acceptors (Lipinski definition) is 3. The number of benzene rings is 1. The van der Waals surface area contributed by atoms with Crippen LogP contribution < -0.4 is 5.32 Å². The highest BCUT2D eigenvalue weighted by molar-refractivity contribution is 9.10. The van der Waals surface area contributed by atoms with E-state index in [2.05, 4.69) is 31.4 Å². The first-order valence-corrected chi connectivity index (χ1v) is 9.80. The van der Waals surface area contributed by atoms with Crippen LogP contribution in [0.5, 0.6) is 0 Å². The van der Waals surface area contributed by atoms with Crippen molar-refractivity contribution in [3.8, 4) is 0 Å². The molecule has 3 rings (SSSR count). The summed E-state index contributed by atoms with van der Waals surface area (Å²) in [6.45, 7) is 8.09. The lowest BCUT2D eigenvalue weighted by Crippen LogP contribution is -2.25. The Morgan fingerprint density at radius 1 is 1.11 bits per heavy atom. The van der Waals surface area contributed by atoms with Gasteiger partial charge in [-0.15, -0.1) is 0 Å². The van der Waals surface area contributed by atoms with E-state index in [1.165, 1.54) is 0 Å². The van der Waals surface area contributed by atoms with Crippen molar-refractivity contribution in [2.24, 2.45) is 0 Å². The number of hydrogen-bond donors (Lipinski definition) is 1. The Balaban J connectivity index is 1.50. The smallest absolute Gasteiger partial charge is 0.251 e. The summed E-state index contributed by atoms with van der Waals surface area (Å²) in [5, 5.41) is 11.8. The van der Waals surface area contributed by atoms with Gasteiger partial charge in [0.15, 0.2) is 0 Å². The Bertz CT molecular complexity index is 927. The molecule has 27 heavy (non-hydrogen) atoms. The Hall–Kier alpha value is -2.41. The van der Waals surface area contributed by atoms with E-state index >= 15 is 0 Å². The van der Waals surface area contributed by atoms with Crippen LogP contribution in [0.4, 0.5) is 0 Å². The highest BCUT2D eigenvalue weighted by Crippen LogP contribution is 2.20. The second-order valence-electron chi connectivity index (χ2n) is 6.67. The van der Waals surface area contributed by atoms with Gasteiger partial charge in [0.1, 0.15) is 0 Å². The van der Waals surface area contributed by atoms with Crippen LogP contribution >= 0.6 is 15.9 Å². The van der Waals surface area contributed by atoms with Crippen molar-refractivity contribution in [2.45, 2.75) is 40.3 Å². The summed E-state index contributed by atoms with van der Waals surface area (Å²) in [4.78, 5) is 12.3. The zero-order chi connectivity index (χ0) is 19.4. The molecule has 142 valence electrons. The van der Waals surface area contributed by atoms with Crippen LogP contribution in [-0.4, -0.2) is 32.0 Å². The fraction of sp³-hybridized carbons (Fsp3) is 0.350. The van der Waals surface area contributed by atoms with Gasteiger partial charge < -0.3 is 5.32 Å². The Morgan fingerprint density at radius 2 is 1.85 bits per heavy atom. The van der Waals surface area contributed by atoms with Gasteiger partial charge in [0.2, 0.25) is 0 Å². The third kappa shape index (κ3) is 4.86. The van der Waals surface area contributed by atoms with Gasteiger partial charge in [-0.1, -0.05) is 12.1 Å². The number of amides is 1. The first kappa shape index (κ1) is 19.4. The molecule has 0 aliphatic carbocycles. The number of carbonyl (C=O) groups is 1. The van der Waals surface area contributed by atoms with Crippen LogP contribution in [0, 0.1) is 20.8 Å². The summed E-state index contributed by atoms with van der Waals surface area (Å²) < 4.78 is 4.91. The lowest BCUT2D eigenvalue weighted by Gasteiger charge is -2.08. The number of nitrogens with one attached hydrogen (secondary N) is 1. The minimum atomic E-state index is -0.0490. The number of aryl methyl sites for hydroxylation is 3. The highest BCUT2D eigenvalue weighted by atomic mass is 79.9. The van der Waals surface area contributed by atoms with Crippen LogP contribution in [-0.2, 0) is 13.1 Å². The molecule has 0 saturated heterocycles. The summed E-state index contributed by atoms with van der Waals surface area (Å²) in [5.41, 5.74) is 4.87. The van der Waals surface area contributed by atoms with Gasteiger partial charge in [-0.25, -0.2) is 0 Å². The van der Waals surface area contributed by atoms with Crippen molar-refractivity contribution >= 4 is 21.8 Å². The van der Waals surface area contributed by atoms with Gasteiger partial charge in [0, 0.05) is 24.8 Å². The molecule has 0 aliphatic rings. The maximum Gasteiger partial charge on any atom is 0.251 e. The van der Waals surface area contributed by atoms with E-state index in [0.717, 1.165) is 40.1 Å². The molecule has 0 fully saturated rings. The van der Waals surface area contributed by atoms with Gasteiger partial charge in [-0.2, -0.15) is 10.2 Å². The van der Waals surface area contributed by atoms with Crippen LogP contribution in [0.1, 0.15) is 39.4 Å². The molecule has 2 heterocycles. The Kier molecular flexibility index (Phi) is 6.11. The van der Waals surface area contributed by atoms with Crippen molar-refractivity contribution < 1.29 is 4.79 Å². The number of carbonyl (C=O) groups excluding carboxylic acids is 1. The van der Waals surface area contributed by atoms with Gasteiger partial charge in [-0.3, -0.25) is 14.2 Å². The standard InChI is InChI=1S/C20H24BrN5O/c1-14-9-12-25(23-14)11-4-10-22-20(27)18-7-5-17(6-8-18)13-26-16(3)19(21)15(2)24-26/h5-9,12H,4,10-11,13H2,1-3H3,(H,22,27). The van der Waals surface area contributed by atoms with Crippen LogP contribution in [0.3, 0.4) is 0 Å². The monoisotopic (exact) mass is 429 g/mol. The molecule has 0 unspecified atom stereocenters. The molecule has 2 aromatic heterocycles. The normalized spacial score (nSPS) is 11.0. The van der Waals surface area contributed by atoms with E-state index in [1.54, 1.807) is 0 Å². The molecule has 0 saturated carbocycles. The lowest BCUT2D eigenvalue weighted by molar-refractivity contribution is 0.0952. The Labute approximate surface area is 167 Å². The summed E-state index contributed by atoms with van der Waals surface area (Å²) in [5.74, 6) is -0.0490. The van der Waals surface area contributed by atoms with Crippen LogP contribution in [0.2, 0.25) is 0 Å². The molecule has 7 heteroatoms. The van der Waals surface area contributed by atoms with Crippen molar-refractivity contribution in [3.63, 3.8) is 0 Å². The molecule has 0 radical (unpaired) electrons. The van der Waals surface area contributed by atoms with E-state index < -0.39 is 0 Å². The van der Waals surface area contributed by atoms with Crippen molar-refractivity contribution in [3.05, 3.63) is 69.2 Å². The number of halogens is 1. The van der Waals surface area contributed by atoms with E-state index in [0.29, 0.717) is 18.7 Å². The average molecular weight is 430 g/mol. The van der Waals surface area contributed by atoms with E-state index in [4.69, 9.17) is 0 Å². The fourth-order valence-electron chi connectivity index (χ4n) is 2.90. The van der Waals surface area contributed by atoms with Crippen molar-refractivity contribution in [1.82, 2.24) is 24.9 Å². The van der Waals surface area contributed by atoms with Gasteiger partial charge >= 0.3 is 0 Å². The largest absolute Gasteiger partial charge is 0.352 e. The van der Waals surface area contributed by atoms with Gasteiger partial charge in [0.25, 0.3) is 5.91 Å². The number of nitrogens with zero attached hydrogens (tertiary/aromatic N) is 4. The zero-order valence-electron chi connectivity index (χ0n) is 15.9. The van der Waals surface area contributed by atoms with Crippen molar-refractivity contribution in [1.29, 1.82) is 0 Å². The average Bonchev–Trinajstić information content (AvgIpc) is 3.18. The summed E-state index contributed by atoms with van der Waals surface area (Å²) in [6.07, 6.45) is 2.80. The van der Waals surface area contributed by atoms with E-state index in [9.17, 15) is 4.79 Å². The highest BCUT2D eigenvalue weighted by Gasteiger charge is 2.10. The second kappa shape index (κ2) is 8.52. The minimum Gasteiger partial charge on any atom is -0.352 e. The summed E-state index contributed by atoms with van der Waals surface area (Å²) >= 11 is 3.55. The molecular formula is C20H24BrN5O. The second-order valence-corrected chi connectivity index (χ2v) is 7.46. The predicted molar refractivity (Wildman–Crippen MR) is 109 cm³/mol. The maximum absolute atomic E-state index is 12.3.